The van der Waals surface area contributed by atoms with Gasteiger partial charge in [0.2, 0.25) is 5.91 Å². The fraction of sp³-hybridized carbons (Fsp3) is 0.400. The number of methoxy groups -OCH3 is 1. The molecule has 4 N–H and O–H groups in total. The molecule has 1 rings (SSSR count). The molecule has 1 aromatic rings. The van der Waals surface area contributed by atoms with Gasteiger partial charge in [-0.3, -0.25) is 4.79 Å². The third-order valence-electron chi connectivity index (χ3n) is 2.00. The van der Waals surface area contributed by atoms with Crippen molar-refractivity contribution in [3.05, 3.63) is 16.1 Å². The molecule has 0 aliphatic rings. The summed E-state index contributed by atoms with van der Waals surface area (Å²) in [6.45, 7) is 0.942. The first-order valence-electron chi connectivity index (χ1n) is 5.15. The van der Waals surface area contributed by atoms with Crippen molar-refractivity contribution in [2.75, 3.05) is 37.9 Å². The van der Waals surface area contributed by atoms with E-state index in [4.69, 9.17) is 33.7 Å². The van der Waals surface area contributed by atoms with E-state index >= 15 is 0 Å². The Morgan fingerprint density at radius 3 is 2.89 bits per heavy atom. The van der Waals surface area contributed by atoms with Crippen LogP contribution in [0.25, 0.3) is 0 Å². The minimum Gasteiger partial charge on any atom is -0.383 e. The minimum absolute atomic E-state index is 0.0392. The normalized spacial score (nSPS) is 10.2. The van der Waals surface area contributed by atoms with E-state index in [2.05, 4.69) is 15.6 Å². The molecule has 0 fully saturated rings. The Morgan fingerprint density at radius 1 is 1.50 bits per heavy atom. The molecule has 0 saturated carbocycles. The maximum Gasteiger partial charge on any atom is 0.239 e. The van der Waals surface area contributed by atoms with Crippen molar-refractivity contribution in [2.45, 2.75) is 0 Å². The van der Waals surface area contributed by atoms with Crippen LogP contribution in [0.3, 0.4) is 0 Å². The summed E-state index contributed by atoms with van der Waals surface area (Å²) >= 11 is 11.6. The van der Waals surface area contributed by atoms with E-state index < -0.39 is 0 Å². The van der Waals surface area contributed by atoms with Crippen LogP contribution < -0.4 is 16.4 Å². The van der Waals surface area contributed by atoms with Crippen LogP contribution in [-0.4, -0.2) is 37.7 Å². The summed E-state index contributed by atoms with van der Waals surface area (Å²) in [6.07, 6.45) is 0. The number of pyridine rings is 1. The van der Waals surface area contributed by atoms with Gasteiger partial charge in [-0.1, -0.05) is 23.2 Å². The number of nitrogens with one attached hydrogen (secondary N) is 2. The largest absolute Gasteiger partial charge is 0.383 e. The molecule has 100 valence electrons. The minimum atomic E-state index is -0.196. The fourth-order valence-corrected chi connectivity index (χ4v) is 1.55. The molecule has 18 heavy (non-hydrogen) atoms. The van der Waals surface area contributed by atoms with Crippen LogP contribution in [-0.2, 0) is 9.53 Å². The van der Waals surface area contributed by atoms with Crippen molar-refractivity contribution in [1.29, 1.82) is 0 Å². The molecule has 0 atom stereocenters. The highest BCUT2D eigenvalue weighted by Gasteiger charge is 2.08. The first-order chi connectivity index (χ1) is 8.54. The number of aromatic nitrogens is 1. The van der Waals surface area contributed by atoms with Gasteiger partial charge in [0.15, 0.2) is 0 Å². The lowest BCUT2D eigenvalue weighted by Gasteiger charge is -2.09. The van der Waals surface area contributed by atoms with E-state index in [1.165, 1.54) is 6.07 Å². The summed E-state index contributed by atoms with van der Waals surface area (Å²) < 4.78 is 4.80. The highest BCUT2D eigenvalue weighted by atomic mass is 35.5. The number of ether oxygens (including phenoxy) is 1. The second kappa shape index (κ2) is 7.25. The number of carbonyl (C=O) groups excluding carboxylic acids is 1. The van der Waals surface area contributed by atoms with Gasteiger partial charge in [0.05, 0.1) is 23.2 Å². The average Bonchev–Trinajstić information content (AvgIpc) is 2.32. The highest BCUT2D eigenvalue weighted by molar-refractivity contribution is 6.37. The number of nitrogens with zero attached hydrogens (tertiary/aromatic N) is 1. The standard InChI is InChI=1S/C10H14Cl2N4O2/c1-18-3-2-14-8(17)5-15-10-7(12)4-6(11)9(13)16-10/h4H,2-3,5H2,1H3,(H,14,17)(H3,13,15,16). The predicted molar refractivity (Wildman–Crippen MR) is 72.0 cm³/mol. The zero-order valence-corrected chi connectivity index (χ0v) is 11.3. The average molecular weight is 293 g/mol. The molecule has 0 bridgehead atoms. The SMILES string of the molecule is COCCNC(=O)CNc1nc(N)c(Cl)cc1Cl. The van der Waals surface area contributed by atoms with Crippen molar-refractivity contribution in [3.63, 3.8) is 0 Å². The molecule has 8 heteroatoms. The van der Waals surface area contributed by atoms with Crippen LogP contribution >= 0.6 is 23.2 Å². The van der Waals surface area contributed by atoms with Crippen LogP contribution in [0.5, 0.6) is 0 Å². The van der Waals surface area contributed by atoms with Gasteiger partial charge in [-0.15, -0.1) is 0 Å². The van der Waals surface area contributed by atoms with Crippen LogP contribution in [0.15, 0.2) is 6.07 Å². The Morgan fingerprint density at radius 2 is 2.22 bits per heavy atom. The van der Waals surface area contributed by atoms with E-state index in [0.717, 1.165) is 0 Å². The fourth-order valence-electron chi connectivity index (χ4n) is 1.12. The number of nitrogens with two attached hydrogens (primary N) is 1. The molecule has 0 spiro atoms. The van der Waals surface area contributed by atoms with Gasteiger partial charge in [-0.05, 0) is 6.07 Å². The molecule has 1 amide bonds. The van der Waals surface area contributed by atoms with Crippen molar-refractivity contribution < 1.29 is 9.53 Å². The van der Waals surface area contributed by atoms with E-state index in [0.29, 0.717) is 24.0 Å². The molecule has 0 radical (unpaired) electrons. The molecule has 1 heterocycles. The van der Waals surface area contributed by atoms with Gasteiger partial charge >= 0.3 is 0 Å². The molecule has 1 aromatic heterocycles. The smallest absolute Gasteiger partial charge is 0.239 e. The third kappa shape index (κ3) is 4.56. The number of rotatable bonds is 6. The van der Waals surface area contributed by atoms with Crippen LogP contribution in [0.4, 0.5) is 11.6 Å². The van der Waals surface area contributed by atoms with Crippen molar-refractivity contribution in [3.8, 4) is 0 Å². The maximum absolute atomic E-state index is 11.4. The molecule has 0 aromatic carbocycles. The Kier molecular flexibility index (Phi) is 5.97. The lowest BCUT2D eigenvalue weighted by atomic mass is 10.4. The molecule has 0 unspecified atom stereocenters. The molecular formula is C10H14Cl2N4O2. The highest BCUT2D eigenvalue weighted by Crippen LogP contribution is 2.26. The monoisotopic (exact) mass is 292 g/mol. The van der Waals surface area contributed by atoms with Gasteiger partial charge in [0.1, 0.15) is 11.6 Å². The zero-order valence-electron chi connectivity index (χ0n) is 9.80. The summed E-state index contributed by atoms with van der Waals surface area (Å²) in [5.41, 5.74) is 5.54. The van der Waals surface area contributed by atoms with E-state index in [-0.39, 0.29) is 23.3 Å². The Labute approximate surface area is 115 Å². The summed E-state index contributed by atoms with van der Waals surface area (Å²) in [6, 6.07) is 1.47. The van der Waals surface area contributed by atoms with Gasteiger partial charge in [-0.2, -0.15) is 0 Å². The van der Waals surface area contributed by atoms with Gasteiger partial charge < -0.3 is 21.1 Å². The second-order valence-corrected chi connectivity index (χ2v) is 4.20. The van der Waals surface area contributed by atoms with Crippen molar-refractivity contribution >= 4 is 40.7 Å². The first-order valence-corrected chi connectivity index (χ1v) is 5.91. The second-order valence-electron chi connectivity index (χ2n) is 3.38. The van der Waals surface area contributed by atoms with Crippen molar-refractivity contribution in [1.82, 2.24) is 10.3 Å². The lowest BCUT2D eigenvalue weighted by molar-refractivity contribution is -0.119. The zero-order chi connectivity index (χ0) is 13.5. The molecule has 0 aliphatic heterocycles. The van der Waals surface area contributed by atoms with Crippen molar-refractivity contribution in [2.24, 2.45) is 0 Å². The Balaban J connectivity index is 2.48. The van der Waals surface area contributed by atoms with Crippen LogP contribution in [0.2, 0.25) is 10.0 Å². The van der Waals surface area contributed by atoms with Crippen LogP contribution in [0.1, 0.15) is 0 Å². The molecular weight excluding hydrogens is 279 g/mol. The maximum atomic E-state index is 11.4. The number of halogens is 2. The molecule has 0 aliphatic carbocycles. The Hall–Kier alpha value is -1.24. The number of carbonyl (C=O) groups is 1. The summed E-state index contributed by atoms with van der Waals surface area (Å²) in [5, 5.41) is 6.00. The van der Waals surface area contributed by atoms with E-state index in [1.54, 1.807) is 7.11 Å². The van der Waals surface area contributed by atoms with Gasteiger partial charge in [0.25, 0.3) is 0 Å². The quantitative estimate of drug-likeness (QED) is 0.684. The predicted octanol–water partition coefficient (Wildman–Crippen LogP) is 1.15. The number of anilines is 2. The summed E-state index contributed by atoms with van der Waals surface area (Å²) in [4.78, 5) is 15.3. The first kappa shape index (κ1) is 14.8. The van der Waals surface area contributed by atoms with E-state index in [1.807, 2.05) is 0 Å². The number of hydrogen-bond donors (Lipinski definition) is 3. The third-order valence-corrected chi connectivity index (χ3v) is 2.59. The summed E-state index contributed by atoms with van der Waals surface area (Å²) in [5.74, 6) is 0.280. The van der Waals surface area contributed by atoms with E-state index in [9.17, 15) is 4.79 Å². The molecule has 0 saturated heterocycles. The van der Waals surface area contributed by atoms with Crippen LogP contribution in [0, 0.1) is 0 Å². The Bertz CT molecular complexity index is 429. The number of amides is 1. The lowest BCUT2D eigenvalue weighted by Crippen LogP contribution is -2.32. The van der Waals surface area contributed by atoms with Gasteiger partial charge in [-0.25, -0.2) is 4.98 Å². The molecule has 6 nitrogen and oxygen atoms in total. The number of hydrogen-bond acceptors (Lipinski definition) is 5. The number of nitrogen functional groups attached to an aromatic ring is 1. The topological polar surface area (TPSA) is 89.3 Å². The van der Waals surface area contributed by atoms with Gasteiger partial charge in [0, 0.05) is 13.7 Å². The summed E-state index contributed by atoms with van der Waals surface area (Å²) in [7, 11) is 1.56.